The molecule has 0 saturated heterocycles. The van der Waals surface area contributed by atoms with Crippen LogP contribution in [0.3, 0.4) is 0 Å². The van der Waals surface area contributed by atoms with Crippen LogP contribution in [-0.2, 0) is 11.2 Å². The van der Waals surface area contributed by atoms with Crippen LogP contribution in [0.4, 0.5) is 10.5 Å². The van der Waals surface area contributed by atoms with Crippen LogP contribution in [0.5, 0.6) is 11.5 Å². The predicted molar refractivity (Wildman–Crippen MR) is 110 cm³/mol. The number of thioether (sulfide) groups is 1. The number of hydrogen-bond donors (Lipinski definition) is 1. The molecule has 1 aliphatic rings. The van der Waals surface area contributed by atoms with Crippen LogP contribution in [-0.4, -0.2) is 42.3 Å². The van der Waals surface area contributed by atoms with Crippen LogP contribution in [0.15, 0.2) is 47.4 Å². The van der Waals surface area contributed by atoms with Crippen molar-refractivity contribution in [1.82, 2.24) is 4.90 Å². The predicted octanol–water partition coefficient (Wildman–Crippen LogP) is 4.19. The van der Waals surface area contributed by atoms with E-state index in [4.69, 9.17) is 9.47 Å². The third kappa shape index (κ3) is 4.78. The first-order valence-electron chi connectivity index (χ1n) is 8.97. The Morgan fingerprint density at radius 2 is 1.93 bits per heavy atom. The average Bonchev–Trinajstić information content (AvgIpc) is 2.95. The Morgan fingerprint density at radius 3 is 2.68 bits per heavy atom. The summed E-state index contributed by atoms with van der Waals surface area (Å²) in [5.41, 5.74) is 1.37. The zero-order valence-corrected chi connectivity index (χ0v) is 17.3. The molecule has 6 nitrogen and oxygen atoms in total. The second-order valence-corrected chi connectivity index (χ2v) is 8.37. The first-order chi connectivity index (χ1) is 13.2. The molecule has 0 radical (unpaired) electrons. The Labute approximate surface area is 169 Å². The molecule has 0 unspecified atom stereocenters. The third-order valence-electron chi connectivity index (χ3n) is 4.14. The van der Waals surface area contributed by atoms with E-state index in [-0.39, 0.29) is 23.4 Å². The van der Waals surface area contributed by atoms with Crippen LogP contribution in [0.25, 0.3) is 0 Å². The molecule has 0 atom stereocenters. The molecule has 0 bridgehead atoms. The second-order valence-electron chi connectivity index (χ2n) is 7.38. The van der Waals surface area contributed by atoms with Crippen molar-refractivity contribution in [2.24, 2.45) is 0 Å². The van der Waals surface area contributed by atoms with Crippen LogP contribution in [0.1, 0.15) is 19.4 Å². The van der Waals surface area contributed by atoms with Gasteiger partial charge in [-0.3, -0.25) is 9.59 Å². The number of para-hydroxylation sites is 2. The van der Waals surface area contributed by atoms with Crippen LogP contribution >= 0.6 is 11.8 Å². The van der Waals surface area contributed by atoms with E-state index in [9.17, 15) is 9.59 Å². The summed E-state index contributed by atoms with van der Waals surface area (Å²) in [6.07, 6.45) is 0.802. The molecule has 7 heteroatoms. The van der Waals surface area contributed by atoms with Gasteiger partial charge >= 0.3 is 0 Å². The lowest BCUT2D eigenvalue weighted by atomic mass is 10.0. The van der Waals surface area contributed by atoms with Gasteiger partial charge in [0.05, 0.1) is 5.69 Å². The highest BCUT2D eigenvalue weighted by molar-refractivity contribution is 8.13. The zero-order chi connectivity index (χ0) is 20.3. The SMILES string of the molecule is CN(C)C(=O)Sc1ccccc1NC(=O)COc1cccc2c1OC(C)(C)C2. The molecule has 2 aromatic carbocycles. The van der Waals surface area contributed by atoms with E-state index in [0.29, 0.717) is 22.1 Å². The maximum absolute atomic E-state index is 12.4. The fourth-order valence-electron chi connectivity index (χ4n) is 2.87. The number of nitrogens with one attached hydrogen (secondary N) is 1. The molecule has 0 aliphatic carbocycles. The normalized spacial score (nSPS) is 14.0. The molecule has 28 heavy (non-hydrogen) atoms. The summed E-state index contributed by atoms with van der Waals surface area (Å²) in [7, 11) is 3.37. The molecule has 3 rings (SSSR count). The lowest BCUT2D eigenvalue weighted by molar-refractivity contribution is -0.118. The molecule has 148 valence electrons. The first-order valence-corrected chi connectivity index (χ1v) is 9.78. The van der Waals surface area contributed by atoms with Gasteiger partial charge in [-0.15, -0.1) is 0 Å². The molecule has 0 saturated carbocycles. The summed E-state index contributed by atoms with van der Waals surface area (Å²) < 4.78 is 11.7. The summed E-state index contributed by atoms with van der Waals surface area (Å²) in [6.45, 7) is 3.89. The number of anilines is 1. The zero-order valence-electron chi connectivity index (χ0n) is 16.4. The maximum atomic E-state index is 12.4. The molecule has 1 aliphatic heterocycles. The minimum Gasteiger partial charge on any atom is -0.483 e. The molecule has 0 spiro atoms. The highest BCUT2D eigenvalue weighted by Crippen LogP contribution is 2.41. The molecule has 1 N–H and O–H groups in total. The van der Waals surface area contributed by atoms with E-state index in [2.05, 4.69) is 5.32 Å². The largest absolute Gasteiger partial charge is 0.483 e. The molecular weight excluding hydrogens is 376 g/mol. The fourth-order valence-corrected chi connectivity index (χ4v) is 3.62. The van der Waals surface area contributed by atoms with Crippen molar-refractivity contribution in [3.63, 3.8) is 0 Å². The Bertz CT molecular complexity index is 896. The lowest BCUT2D eigenvalue weighted by Gasteiger charge is -2.18. The van der Waals surface area contributed by atoms with Crippen molar-refractivity contribution in [3.8, 4) is 11.5 Å². The summed E-state index contributed by atoms with van der Waals surface area (Å²) in [5.74, 6) is 0.955. The van der Waals surface area contributed by atoms with Crippen molar-refractivity contribution >= 4 is 28.6 Å². The number of ether oxygens (including phenoxy) is 2. The number of benzene rings is 2. The van der Waals surface area contributed by atoms with Gasteiger partial charge in [0.15, 0.2) is 18.1 Å². The van der Waals surface area contributed by atoms with Crippen molar-refractivity contribution in [2.75, 3.05) is 26.0 Å². The van der Waals surface area contributed by atoms with Crippen LogP contribution in [0, 0.1) is 0 Å². The Hall–Kier alpha value is -2.67. The summed E-state index contributed by atoms with van der Waals surface area (Å²) in [6, 6.07) is 12.9. The standard InChI is InChI=1S/C21H24N2O4S/c1-21(2)12-14-8-7-10-16(19(14)27-21)26-13-18(24)22-15-9-5-6-11-17(15)28-20(25)23(3)4/h5-11H,12-13H2,1-4H3,(H,22,24). The number of hydrogen-bond acceptors (Lipinski definition) is 5. The maximum Gasteiger partial charge on any atom is 0.286 e. The highest BCUT2D eigenvalue weighted by atomic mass is 32.2. The quantitative estimate of drug-likeness (QED) is 0.762. The van der Waals surface area contributed by atoms with Gasteiger partial charge in [0.1, 0.15) is 5.60 Å². The Morgan fingerprint density at radius 1 is 1.18 bits per heavy atom. The van der Waals surface area contributed by atoms with Gasteiger partial charge in [0.25, 0.3) is 11.1 Å². The van der Waals surface area contributed by atoms with Gasteiger partial charge in [-0.1, -0.05) is 24.3 Å². The summed E-state index contributed by atoms with van der Waals surface area (Å²) in [5, 5.41) is 2.70. The number of nitrogens with zero attached hydrogens (tertiary/aromatic N) is 1. The lowest BCUT2D eigenvalue weighted by Crippen LogP contribution is -2.25. The number of carbonyl (C=O) groups excluding carboxylic acids is 2. The fraction of sp³-hybridized carbons (Fsp3) is 0.333. The highest BCUT2D eigenvalue weighted by Gasteiger charge is 2.32. The molecule has 2 amide bonds. The van der Waals surface area contributed by atoms with Gasteiger partial charge in [-0.2, -0.15) is 0 Å². The molecule has 0 aromatic heterocycles. The number of carbonyl (C=O) groups is 2. The summed E-state index contributed by atoms with van der Waals surface area (Å²) >= 11 is 1.06. The van der Waals surface area contributed by atoms with Gasteiger partial charge in [-0.25, -0.2) is 0 Å². The minimum atomic E-state index is -0.305. The van der Waals surface area contributed by atoms with E-state index in [1.54, 1.807) is 38.4 Å². The number of rotatable bonds is 5. The van der Waals surface area contributed by atoms with Gasteiger partial charge in [0, 0.05) is 31.0 Å². The van der Waals surface area contributed by atoms with E-state index in [1.165, 1.54) is 4.90 Å². The number of fused-ring (bicyclic) bond motifs is 1. The van der Waals surface area contributed by atoms with Gasteiger partial charge in [0.2, 0.25) is 0 Å². The van der Waals surface area contributed by atoms with Crippen molar-refractivity contribution < 1.29 is 19.1 Å². The second kappa shape index (κ2) is 8.14. The van der Waals surface area contributed by atoms with Crippen molar-refractivity contribution in [1.29, 1.82) is 0 Å². The summed E-state index contributed by atoms with van der Waals surface area (Å²) in [4.78, 5) is 26.5. The van der Waals surface area contributed by atoms with Crippen LogP contribution in [0.2, 0.25) is 0 Å². The smallest absolute Gasteiger partial charge is 0.286 e. The van der Waals surface area contributed by atoms with E-state index in [1.807, 2.05) is 32.0 Å². The minimum absolute atomic E-state index is 0.113. The number of amides is 2. The third-order valence-corrected chi connectivity index (χ3v) is 5.25. The molecular formula is C21H24N2O4S. The Kier molecular flexibility index (Phi) is 5.84. The van der Waals surface area contributed by atoms with E-state index < -0.39 is 0 Å². The van der Waals surface area contributed by atoms with Crippen molar-refractivity contribution in [3.05, 3.63) is 48.0 Å². The first kappa shape index (κ1) is 20.1. The van der Waals surface area contributed by atoms with E-state index >= 15 is 0 Å². The van der Waals surface area contributed by atoms with E-state index in [0.717, 1.165) is 23.7 Å². The Balaban J connectivity index is 1.64. The van der Waals surface area contributed by atoms with Crippen LogP contribution < -0.4 is 14.8 Å². The van der Waals surface area contributed by atoms with Gasteiger partial charge < -0.3 is 19.7 Å². The molecule has 2 aromatic rings. The topological polar surface area (TPSA) is 67.9 Å². The average molecular weight is 401 g/mol. The van der Waals surface area contributed by atoms with Gasteiger partial charge in [-0.05, 0) is 43.8 Å². The molecule has 1 heterocycles. The monoisotopic (exact) mass is 400 g/mol. The molecule has 0 fully saturated rings. The van der Waals surface area contributed by atoms with Crippen molar-refractivity contribution in [2.45, 2.75) is 30.8 Å².